The summed E-state index contributed by atoms with van der Waals surface area (Å²) in [6, 6.07) is 9.91. The Kier molecular flexibility index (Phi) is 3.79. The molecule has 0 saturated carbocycles. The first-order valence-electron chi connectivity index (χ1n) is 9.65. The van der Waals surface area contributed by atoms with Crippen LogP contribution in [0.2, 0.25) is 0 Å². The van der Waals surface area contributed by atoms with Crippen LogP contribution < -0.4 is 4.90 Å². The molecule has 7 nitrogen and oxygen atoms in total. The summed E-state index contributed by atoms with van der Waals surface area (Å²) in [7, 11) is 2.14. The minimum absolute atomic E-state index is 0.728. The number of fused-ring (bicyclic) bond motifs is 5. The summed E-state index contributed by atoms with van der Waals surface area (Å²) in [5.41, 5.74) is 3.82. The van der Waals surface area contributed by atoms with Crippen LogP contribution in [0.25, 0.3) is 27.8 Å². The van der Waals surface area contributed by atoms with E-state index in [1.807, 2.05) is 40.9 Å². The summed E-state index contributed by atoms with van der Waals surface area (Å²) in [4.78, 5) is 19.1. The lowest BCUT2D eigenvalue weighted by Crippen LogP contribution is -2.44. The Balaban J connectivity index is 1.80. The number of hydrogen-bond acceptors (Lipinski definition) is 6. The van der Waals surface area contributed by atoms with Gasteiger partial charge < -0.3 is 14.9 Å². The van der Waals surface area contributed by atoms with Gasteiger partial charge in [-0.1, -0.05) is 12.1 Å². The number of likely N-dealkylation sites (N-methyl/N-ethyl adjacent to an activating group) is 1. The van der Waals surface area contributed by atoms with E-state index in [4.69, 9.17) is 15.0 Å². The van der Waals surface area contributed by atoms with E-state index in [0.29, 0.717) is 0 Å². The molecule has 5 rings (SSSR count). The molecule has 0 unspecified atom stereocenters. The Bertz CT molecular complexity index is 1180. The molecule has 1 N–H and O–H groups in total. The first kappa shape index (κ1) is 17.3. The molecular formula is C21H24N6O. The van der Waals surface area contributed by atoms with Crippen LogP contribution >= 0.6 is 0 Å². The molecule has 0 aliphatic carbocycles. The minimum atomic E-state index is -1.03. The SMILES string of the molecule is CN1CCN(c2cnc3cc(C(C)(C)O)c4nc5ccccc5n4c3n2)CC1. The molecular weight excluding hydrogens is 352 g/mol. The molecule has 0 atom stereocenters. The molecule has 1 saturated heterocycles. The standard InChI is InChI=1S/C21H24N6O/c1-21(2,28)14-12-16-20(27-17-7-5-4-6-15(17)23-19(14)27)24-18(13-22-16)26-10-8-25(3)9-11-26/h4-7,12-13,28H,8-11H2,1-3H3. The average molecular weight is 376 g/mol. The minimum Gasteiger partial charge on any atom is -0.386 e. The average Bonchev–Trinajstić information content (AvgIpc) is 3.06. The van der Waals surface area contributed by atoms with Crippen LogP contribution in [0.5, 0.6) is 0 Å². The largest absolute Gasteiger partial charge is 0.386 e. The van der Waals surface area contributed by atoms with Gasteiger partial charge in [-0.05, 0) is 39.1 Å². The first-order valence-corrected chi connectivity index (χ1v) is 9.65. The molecule has 0 amide bonds. The second-order valence-electron chi connectivity index (χ2n) is 8.10. The van der Waals surface area contributed by atoms with Crippen LogP contribution in [-0.2, 0) is 5.60 Å². The summed E-state index contributed by atoms with van der Waals surface area (Å²) in [5.74, 6) is 0.885. The number of para-hydroxylation sites is 2. The van der Waals surface area contributed by atoms with Gasteiger partial charge >= 0.3 is 0 Å². The fraction of sp³-hybridized carbons (Fsp3) is 0.381. The number of imidazole rings is 1. The zero-order chi connectivity index (χ0) is 19.5. The Morgan fingerprint density at radius 3 is 2.46 bits per heavy atom. The molecule has 28 heavy (non-hydrogen) atoms. The Labute approximate surface area is 163 Å². The molecule has 4 aromatic rings. The van der Waals surface area contributed by atoms with Gasteiger partial charge in [0.2, 0.25) is 0 Å². The van der Waals surface area contributed by atoms with Gasteiger partial charge in [-0.3, -0.25) is 4.40 Å². The van der Waals surface area contributed by atoms with Gasteiger partial charge in [0.05, 0.1) is 22.8 Å². The number of anilines is 1. The Morgan fingerprint density at radius 2 is 1.71 bits per heavy atom. The number of piperazine rings is 1. The van der Waals surface area contributed by atoms with E-state index in [2.05, 4.69) is 16.8 Å². The fourth-order valence-electron chi connectivity index (χ4n) is 3.91. The van der Waals surface area contributed by atoms with Crippen molar-refractivity contribution in [1.29, 1.82) is 0 Å². The van der Waals surface area contributed by atoms with Gasteiger partial charge in [-0.25, -0.2) is 15.0 Å². The summed E-state index contributed by atoms with van der Waals surface area (Å²) < 4.78 is 2.03. The molecule has 144 valence electrons. The molecule has 3 aromatic heterocycles. The van der Waals surface area contributed by atoms with E-state index in [1.165, 1.54) is 0 Å². The number of nitrogens with zero attached hydrogens (tertiary/aromatic N) is 6. The van der Waals surface area contributed by atoms with Gasteiger partial charge in [-0.2, -0.15) is 0 Å². The third-order valence-electron chi connectivity index (χ3n) is 5.55. The van der Waals surface area contributed by atoms with Gasteiger partial charge in [0.15, 0.2) is 5.65 Å². The Morgan fingerprint density at radius 1 is 0.964 bits per heavy atom. The highest BCUT2D eigenvalue weighted by atomic mass is 16.3. The van der Waals surface area contributed by atoms with Crippen LogP contribution in [-0.4, -0.2) is 62.6 Å². The second kappa shape index (κ2) is 6.12. The van der Waals surface area contributed by atoms with Crippen molar-refractivity contribution in [2.45, 2.75) is 19.4 Å². The lowest BCUT2D eigenvalue weighted by Gasteiger charge is -2.33. The first-order chi connectivity index (χ1) is 13.4. The maximum atomic E-state index is 10.7. The molecule has 1 aliphatic rings. The summed E-state index contributed by atoms with van der Waals surface area (Å²) in [6.45, 7) is 7.46. The van der Waals surface area contributed by atoms with E-state index in [-0.39, 0.29) is 0 Å². The zero-order valence-electron chi connectivity index (χ0n) is 16.4. The van der Waals surface area contributed by atoms with Gasteiger partial charge in [0.1, 0.15) is 17.0 Å². The lowest BCUT2D eigenvalue weighted by molar-refractivity contribution is 0.0798. The topological polar surface area (TPSA) is 69.8 Å². The maximum absolute atomic E-state index is 10.7. The highest BCUT2D eigenvalue weighted by molar-refractivity contribution is 5.89. The third kappa shape index (κ3) is 2.70. The molecule has 0 spiro atoms. The van der Waals surface area contributed by atoms with Crippen molar-refractivity contribution in [2.24, 2.45) is 0 Å². The van der Waals surface area contributed by atoms with Crippen molar-refractivity contribution in [3.8, 4) is 0 Å². The predicted octanol–water partition coefficient (Wildman–Crippen LogP) is 2.41. The maximum Gasteiger partial charge on any atom is 0.167 e. The highest BCUT2D eigenvalue weighted by Crippen LogP contribution is 2.31. The van der Waals surface area contributed by atoms with E-state index in [1.54, 1.807) is 13.8 Å². The number of aromatic nitrogens is 4. The van der Waals surface area contributed by atoms with E-state index >= 15 is 0 Å². The number of pyridine rings is 1. The van der Waals surface area contributed by atoms with Crippen molar-refractivity contribution < 1.29 is 5.11 Å². The van der Waals surface area contributed by atoms with Crippen LogP contribution in [0.4, 0.5) is 5.82 Å². The summed E-state index contributed by atoms with van der Waals surface area (Å²) in [6.07, 6.45) is 1.84. The van der Waals surface area contributed by atoms with Crippen molar-refractivity contribution in [3.05, 3.63) is 42.1 Å². The fourth-order valence-corrected chi connectivity index (χ4v) is 3.91. The van der Waals surface area contributed by atoms with Gasteiger partial charge in [-0.15, -0.1) is 0 Å². The second-order valence-corrected chi connectivity index (χ2v) is 8.10. The molecule has 4 heterocycles. The molecule has 1 fully saturated rings. The molecule has 0 bridgehead atoms. The monoisotopic (exact) mass is 376 g/mol. The molecule has 0 radical (unpaired) electrons. The van der Waals surface area contributed by atoms with Crippen molar-refractivity contribution in [1.82, 2.24) is 24.3 Å². The van der Waals surface area contributed by atoms with E-state index in [9.17, 15) is 5.11 Å². The van der Waals surface area contributed by atoms with Gasteiger partial charge in [0, 0.05) is 31.7 Å². The smallest absolute Gasteiger partial charge is 0.167 e. The number of aliphatic hydroxyl groups is 1. The molecule has 1 aromatic carbocycles. The molecule has 1 aliphatic heterocycles. The summed E-state index contributed by atoms with van der Waals surface area (Å²) >= 11 is 0. The lowest BCUT2D eigenvalue weighted by atomic mass is 9.99. The summed E-state index contributed by atoms with van der Waals surface area (Å²) in [5, 5.41) is 10.7. The van der Waals surface area contributed by atoms with Crippen LogP contribution in [0.1, 0.15) is 19.4 Å². The number of rotatable bonds is 2. The normalized spacial score (nSPS) is 16.5. The van der Waals surface area contributed by atoms with E-state index in [0.717, 1.165) is 65.4 Å². The molecule has 7 heteroatoms. The quantitative estimate of drug-likeness (QED) is 0.579. The van der Waals surface area contributed by atoms with Crippen LogP contribution in [0.15, 0.2) is 36.5 Å². The Hall–Kier alpha value is -2.77. The van der Waals surface area contributed by atoms with E-state index < -0.39 is 5.60 Å². The van der Waals surface area contributed by atoms with Gasteiger partial charge in [0.25, 0.3) is 0 Å². The van der Waals surface area contributed by atoms with Crippen LogP contribution in [0.3, 0.4) is 0 Å². The number of benzene rings is 1. The van der Waals surface area contributed by atoms with Crippen molar-refractivity contribution in [3.63, 3.8) is 0 Å². The van der Waals surface area contributed by atoms with Crippen molar-refractivity contribution >= 4 is 33.7 Å². The van der Waals surface area contributed by atoms with Crippen molar-refractivity contribution in [2.75, 3.05) is 38.1 Å². The van der Waals surface area contributed by atoms with Crippen LogP contribution in [0, 0.1) is 0 Å². The highest BCUT2D eigenvalue weighted by Gasteiger charge is 2.25. The zero-order valence-corrected chi connectivity index (χ0v) is 16.4. The predicted molar refractivity (Wildman–Crippen MR) is 111 cm³/mol. The third-order valence-corrected chi connectivity index (χ3v) is 5.55. The number of hydrogen-bond donors (Lipinski definition) is 1.